The van der Waals surface area contributed by atoms with E-state index in [1.54, 1.807) is 30.1 Å². The molecule has 0 aliphatic carbocycles. The highest BCUT2D eigenvalue weighted by Gasteiger charge is 2.42. The minimum atomic E-state index is -0.428. The molecule has 0 radical (unpaired) electrons. The van der Waals surface area contributed by atoms with Crippen LogP contribution in [-0.4, -0.2) is 18.9 Å². The van der Waals surface area contributed by atoms with Crippen LogP contribution in [0, 0.1) is 0 Å². The van der Waals surface area contributed by atoms with Crippen LogP contribution in [0.3, 0.4) is 0 Å². The van der Waals surface area contributed by atoms with E-state index in [1.807, 2.05) is 60.7 Å². The van der Waals surface area contributed by atoms with E-state index in [9.17, 15) is 9.59 Å². The Kier molecular flexibility index (Phi) is 5.86. The highest BCUT2D eigenvalue weighted by Crippen LogP contribution is 2.40. The van der Waals surface area contributed by atoms with Crippen molar-refractivity contribution in [2.45, 2.75) is 4.90 Å². The first-order valence-corrected chi connectivity index (χ1v) is 10.6. The van der Waals surface area contributed by atoms with Gasteiger partial charge in [-0.2, -0.15) is 0 Å². The van der Waals surface area contributed by atoms with Gasteiger partial charge in [0.05, 0.1) is 5.69 Å². The fourth-order valence-electron chi connectivity index (χ4n) is 3.18. The van der Waals surface area contributed by atoms with Crippen LogP contribution in [0.5, 0.6) is 0 Å². The van der Waals surface area contributed by atoms with Gasteiger partial charge in [0, 0.05) is 27.7 Å². The van der Waals surface area contributed by atoms with Gasteiger partial charge < -0.3 is 4.90 Å². The number of thioether (sulfide) groups is 1. The van der Waals surface area contributed by atoms with E-state index >= 15 is 0 Å². The number of para-hydroxylation sites is 1. The summed E-state index contributed by atoms with van der Waals surface area (Å²) in [6.07, 6.45) is 0. The van der Waals surface area contributed by atoms with Gasteiger partial charge in [0.1, 0.15) is 10.6 Å². The van der Waals surface area contributed by atoms with Crippen LogP contribution in [0.25, 0.3) is 0 Å². The second-order valence-corrected chi connectivity index (χ2v) is 8.52. The van der Waals surface area contributed by atoms with E-state index in [1.165, 1.54) is 11.8 Å². The average Bonchev–Trinajstić information content (AvgIpc) is 2.97. The molecule has 0 N–H and O–H groups in total. The zero-order valence-corrected chi connectivity index (χ0v) is 18.2. The summed E-state index contributed by atoms with van der Waals surface area (Å²) in [5.41, 5.74) is 1.44. The number of likely N-dealkylation sites (N-methyl/N-ethyl adjacent to an activating group) is 1. The van der Waals surface area contributed by atoms with Crippen molar-refractivity contribution < 1.29 is 9.59 Å². The molecule has 1 aliphatic heterocycles. The zero-order valence-electron chi connectivity index (χ0n) is 15.9. The molecule has 3 aromatic rings. The van der Waals surface area contributed by atoms with Gasteiger partial charge in [-0.15, -0.1) is 0 Å². The number of imide groups is 1. The van der Waals surface area contributed by atoms with E-state index in [0.29, 0.717) is 26.3 Å². The average molecular weight is 455 g/mol. The summed E-state index contributed by atoms with van der Waals surface area (Å²) < 4.78 is 0. The van der Waals surface area contributed by atoms with E-state index < -0.39 is 11.8 Å². The Morgan fingerprint density at radius 3 is 1.97 bits per heavy atom. The van der Waals surface area contributed by atoms with E-state index in [0.717, 1.165) is 15.5 Å². The third kappa shape index (κ3) is 3.97. The molecule has 1 heterocycles. The van der Waals surface area contributed by atoms with Crippen LogP contribution in [-0.2, 0) is 9.59 Å². The summed E-state index contributed by atoms with van der Waals surface area (Å²) in [4.78, 5) is 30.9. The van der Waals surface area contributed by atoms with Crippen LogP contribution in [0.15, 0.2) is 94.4 Å². The Labute approximate surface area is 188 Å². The summed E-state index contributed by atoms with van der Waals surface area (Å²) in [6.45, 7) is 0. The SMILES string of the molecule is CN(C1=C(Sc2ccccc2)C(=O)N(c2cc(Cl)cc(Cl)c2)C1=O)c1ccccc1. The molecule has 4 nitrogen and oxygen atoms in total. The standard InChI is InChI=1S/C23H16Cl2N2O2S/c1-26(17-8-4-2-5-9-17)20-21(30-19-10-6-3-7-11-19)23(29)27(22(20)28)18-13-15(24)12-16(25)14-18/h2-14H,1H3. The molecule has 7 heteroatoms. The molecule has 30 heavy (non-hydrogen) atoms. The second-order valence-electron chi connectivity index (χ2n) is 6.56. The summed E-state index contributed by atoms with van der Waals surface area (Å²) >= 11 is 13.5. The molecule has 0 saturated heterocycles. The van der Waals surface area contributed by atoms with E-state index in [-0.39, 0.29) is 0 Å². The number of nitrogens with zero attached hydrogens (tertiary/aromatic N) is 2. The fourth-order valence-corrected chi connectivity index (χ4v) is 4.72. The number of carbonyl (C=O) groups excluding carboxylic acids is 2. The van der Waals surface area contributed by atoms with Crippen LogP contribution in [0.2, 0.25) is 10.0 Å². The summed E-state index contributed by atoms with van der Waals surface area (Å²) in [5.74, 6) is -0.840. The molecule has 0 bridgehead atoms. The summed E-state index contributed by atoms with van der Waals surface area (Å²) in [7, 11) is 1.77. The predicted octanol–water partition coefficient (Wildman–Crippen LogP) is 6.01. The van der Waals surface area contributed by atoms with Gasteiger partial charge in [0.15, 0.2) is 0 Å². The van der Waals surface area contributed by atoms with Gasteiger partial charge >= 0.3 is 0 Å². The topological polar surface area (TPSA) is 40.6 Å². The van der Waals surface area contributed by atoms with Crippen molar-refractivity contribution >= 4 is 58.2 Å². The molecule has 0 unspecified atom stereocenters. The molecule has 0 fully saturated rings. The van der Waals surface area contributed by atoms with Gasteiger partial charge in [0.25, 0.3) is 11.8 Å². The Bertz CT molecular complexity index is 1130. The van der Waals surface area contributed by atoms with Crippen LogP contribution in [0.1, 0.15) is 0 Å². The van der Waals surface area contributed by atoms with Gasteiger partial charge in [-0.1, -0.05) is 71.4 Å². The first-order chi connectivity index (χ1) is 14.5. The molecule has 0 atom stereocenters. The lowest BCUT2D eigenvalue weighted by molar-refractivity contribution is -0.120. The lowest BCUT2D eigenvalue weighted by atomic mass is 10.2. The number of hydrogen-bond donors (Lipinski definition) is 0. The first-order valence-electron chi connectivity index (χ1n) is 9.06. The highest BCUT2D eigenvalue weighted by molar-refractivity contribution is 8.04. The zero-order chi connectivity index (χ0) is 21.3. The molecule has 150 valence electrons. The molecule has 1 aliphatic rings. The van der Waals surface area contributed by atoms with Crippen LogP contribution < -0.4 is 9.80 Å². The third-order valence-electron chi connectivity index (χ3n) is 4.57. The molecule has 2 amide bonds. The summed E-state index contributed by atoms with van der Waals surface area (Å²) in [5, 5.41) is 0.695. The largest absolute Gasteiger partial charge is 0.339 e. The molecular weight excluding hydrogens is 439 g/mol. The molecule has 3 aromatic carbocycles. The first kappa shape index (κ1) is 20.5. The number of rotatable bonds is 5. The Balaban J connectivity index is 1.81. The molecule has 4 rings (SSSR count). The number of benzene rings is 3. The van der Waals surface area contributed by atoms with Gasteiger partial charge in [-0.3, -0.25) is 9.59 Å². The van der Waals surface area contributed by atoms with Gasteiger partial charge in [0.2, 0.25) is 0 Å². The minimum Gasteiger partial charge on any atom is -0.339 e. The maximum absolute atomic E-state index is 13.5. The second kappa shape index (κ2) is 8.56. The third-order valence-corrected chi connectivity index (χ3v) is 6.08. The number of anilines is 2. The Morgan fingerprint density at radius 1 is 0.800 bits per heavy atom. The van der Waals surface area contributed by atoms with Crippen molar-refractivity contribution in [1.82, 2.24) is 0 Å². The molecule has 0 aromatic heterocycles. The van der Waals surface area contributed by atoms with Crippen molar-refractivity contribution in [3.8, 4) is 0 Å². The minimum absolute atomic E-state index is 0.302. The fraction of sp³-hybridized carbons (Fsp3) is 0.0435. The monoisotopic (exact) mass is 454 g/mol. The molecule has 0 spiro atoms. The number of hydrogen-bond acceptors (Lipinski definition) is 4. The number of halogens is 2. The Hall–Kier alpha value is -2.73. The van der Waals surface area contributed by atoms with E-state index in [2.05, 4.69) is 0 Å². The highest BCUT2D eigenvalue weighted by atomic mass is 35.5. The maximum atomic E-state index is 13.5. The normalized spacial score (nSPS) is 13.9. The van der Waals surface area contributed by atoms with E-state index in [4.69, 9.17) is 23.2 Å². The smallest absolute Gasteiger partial charge is 0.283 e. The number of amides is 2. The molecule has 0 saturated carbocycles. The van der Waals surface area contributed by atoms with Crippen molar-refractivity contribution in [2.75, 3.05) is 16.8 Å². The summed E-state index contributed by atoms with van der Waals surface area (Å²) in [6, 6.07) is 23.6. The quantitative estimate of drug-likeness (QED) is 0.442. The van der Waals surface area contributed by atoms with Crippen molar-refractivity contribution in [2.24, 2.45) is 0 Å². The van der Waals surface area contributed by atoms with Gasteiger partial charge in [-0.25, -0.2) is 4.90 Å². The van der Waals surface area contributed by atoms with Gasteiger partial charge in [-0.05, 0) is 42.5 Å². The lowest BCUT2D eigenvalue weighted by Gasteiger charge is -2.21. The number of carbonyl (C=O) groups is 2. The van der Waals surface area contributed by atoms with Crippen molar-refractivity contribution in [3.63, 3.8) is 0 Å². The molecular formula is C23H16Cl2N2O2S. The lowest BCUT2D eigenvalue weighted by Crippen LogP contribution is -2.34. The maximum Gasteiger partial charge on any atom is 0.283 e. The Morgan fingerprint density at radius 2 is 1.37 bits per heavy atom. The van der Waals surface area contributed by atoms with Crippen molar-refractivity contribution in [3.05, 3.63) is 99.5 Å². The predicted molar refractivity (Wildman–Crippen MR) is 123 cm³/mol. The van der Waals surface area contributed by atoms with Crippen LogP contribution in [0.4, 0.5) is 11.4 Å². The van der Waals surface area contributed by atoms with Crippen LogP contribution >= 0.6 is 35.0 Å². The van der Waals surface area contributed by atoms with Crippen molar-refractivity contribution in [1.29, 1.82) is 0 Å².